The number of rotatable bonds is 3. The van der Waals surface area contributed by atoms with Crippen LogP contribution in [0.1, 0.15) is 6.42 Å². The molecule has 92 valence electrons. The molecule has 0 aromatic heterocycles. The van der Waals surface area contributed by atoms with Crippen LogP contribution in [0.25, 0.3) is 0 Å². The van der Waals surface area contributed by atoms with E-state index in [0.717, 1.165) is 0 Å². The molecule has 1 heterocycles. The molecule has 0 aliphatic carbocycles. The molecule has 0 aromatic rings. The summed E-state index contributed by atoms with van der Waals surface area (Å²) >= 11 is 0. The third kappa shape index (κ3) is 2.59. The fraction of sp³-hybridized carbons (Fsp3) is 0.700. The van der Waals surface area contributed by atoms with E-state index in [1.165, 1.54) is 7.05 Å². The molecule has 6 nitrogen and oxygen atoms in total. The van der Waals surface area contributed by atoms with E-state index in [1.807, 2.05) is 0 Å². The van der Waals surface area contributed by atoms with Crippen LogP contribution in [0.3, 0.4) is 0 Å². The summed E-state index contributed by atoms with van der Waals surface area (Å²) in [4.78, 5) is 11.4. The summed E-state index contributed by atoms with van der Waals surface area (Å²) in [6, 6.07) is -1.08. The fourth-order valence-electron chi connectivity index (χ4n) is 1.81. The molecule has 0 spiro atoms. The van der Waals surface area contributed by atoms with Crippen LogP contribution < -0.4 is 10.6 Å². The summed E-state index contributed by atoms with van der Waals surface area (Å²) in [5, 5.41) is 33.6. The normalized spacial score (nSPS) is 34.5. The molecule has 0 aromatic carbocycles. The number of aliphatic hydroxyl groups is 3. The Hall–Kier alpha value is -0.950. The number of piperidine rings is 1. The van der Waals surface area contributed by atoms with E-state index in [0.29, 0.717) is 0 Å². The Morgan fingerprint density at radius 1 is 1.56 bits per heavy atom. The van der Waals surface area contributed by atoms with Crippen molar-refractivity contribution in [2.24, 2.45) is 0 Å². The lowest BCUT2D eigenvalue weighted by atomic mass is 9.89. The predicted octanol–water partition coefficient (Wildman–Crippen LogP) is -2.27. The highest BCUT2D eigenvalue weighted by molar-refractivity contribution is 5.93. The molecular formula is C10H18N2O4. The Balaban J connectivity index is 2.76. The summed E-state index contributed by atoms with van der Waals surface area (Å²) in [6.45, 7) is 3.41. The van der Waals surface area contributed by atoms with Crippen LogP contribution >= 0.6 is 0 Å². The number of carbonyl (C=O) groups excluding carboxylic acids is 1. The Kier molecular flexibility index (Phi) is 4.43. The molecule has 5 N–H and O–H groups in total. The van der Waals surface area contributed by atoms with Gasteiger partial charge in [-0.3, -0.25) is 4.79 Å². The topological polar surface area (TPSA) is 102 Å². The second kappa shape index (κ2) is 5.40. The summed E-state index contributed by atoms with van der Waals surface area (Å²) < 4.78 is 0. The maximum absolute atomic E-state index is 11.4. The molecule has 0 saturated carbocycles. The van der Waals surface area contributed by atoms with Gasteiger partial charge >= 0.3 is 0 Å². The number of hydrogen-bond acceptors (Lipinski definition) is 5. The third-order valence-electron chi connectivity index (χ3n) is 2.79. The van der Waals surface area contributed by atoms with Crippen molar-refractivity contribution in [2.75, 3.05) is 13.7 Å². The molecule has 1 aliphatic rings. The van der Waals surface area contributed by atoms with E-state index in [9.17, 15) is 15.0 Å². The summed E-state index contributed by atoms with van der Waals surface area (Å²) in [5.74, 6) is -0.401. The zero-order valence-corrected chi connectivity index (χ0v) is 9.18. The third-order valence-corrected chi connectivity index (χ3v) is 2.79. The Bertz CT molecular complexity index is 282. The Labute approximate surface area is 94.0 Å². The molecule has 6 heteroatoms. The quantitative estimate of drug-likeness (QED) is 0.352. The predicted molar refractivity (Wildman–Crippen MR) is 57.6 cm³/mol. The van der Waals surface area contributed by atoms with Gasteiger partial charge in [0.05, 0.1) is 24.9 Å². The highest BCUT2D eigenvalue weighted by Gasteiger charge is 2.37. The first-order chi connectivity index (χ1) is 7.51. The molecule has 4 atom stereocenters. The maximum Gasteiger partial charge on any atom is 0.248 e. The second-order valence-corrected chi connectivity index (χ2v) is 3.92. The average Bonchev–Trinajstić information content (AvgIpc) is 2.30. The Morgan fingerprint density at radius 3 is 2.69 bits per heavy atom. The number of carbonyl (C=O) groups is 1. The van der Waals surface area contributed by atoms with Crippen LogP contribution in [0, 0.1) is 0 Å². The van der Waals surface area contributed by atoms with Crippen LogP contribution in [0.15, 0.2) is 12.2 Å². The zero-order valence-electron chi connectivity index (χ0n) is 9.18. The molecule has 0 bridgehead atoms. The number of nitrogens with one attached hydrogen (secondary N) is 2. The van der Waals surface area contributed by atoms with Gasteiger partial charge in [-0.05, 0) is 6.42 Å². The minimum absolute atomic E-state index is 0.146. The van der Waals surface area contributed by atoms with Crippen LogP contribution in [0.2, 0.25) is 0 Å². The number of hydrogen-bond donors (Lipinski definition) is 5. The van der Waals surface area contributed by atoms with Gasteiger partial charge in [-0.2, -0.15) is 0 Å². The van der Waals surface area contributed by atoms with E-state index in [4.69, 9.17) is 5.11 Å². The van der Waals surface area contributed by atoms with Crippen molar-refractivity contribution in [1.29, 1.82) is 0 Å². The zero-order chi connectivity index (χ0) is 12.3. The van der Waals surface area contributed by atoms with Gasteiger partial charge in [-0.1, -0.05) is 6.58 Å². The molecule has 1 aliphatic heterocycles. The first kappa shape index (κ1) is 13.1. The molecule has 1 fully saturated rings. The molecule has 1 amide bonds. The maximum atomic E-state index is 11.4. The van der Waals surface area contributed by atoms with Crippen molar-refractivity contribution >= 4 is 5.91 Å². The smallest absolute Gasteiger partial charge is 0.248 e. The van der Waals surface area contributed by atoms with Gasteiger partial charge < -0.3 is 26.0 Å². The van der Waals surface area contributed by atoms with Crippen LogP contribution in [0.5, 0.6) is 0 Å². The van der Waals surface area contributed by atoms with Gasteiger partial charge in [-0.25, -0.2) is 0 Å². The largest absolute Gasteiger partial charge is 0.395 e. The monoisotopic (exact) mass is 230 g/mol. The van der Waals surface area contributed by atoms with Gasteiger partial charge in [0.15, 0.2) is 0 Å². The standard InChI is InChI=1S/C10H18N2O4/c1-5(10(16)11-2)8-9(15)7(14)3-6(4-13)12-8/h6-9,12-15H,1,3-4H2,2H3,(H,11,16). The molecule has 0 radical (unpaired) electrons. The van der Waals surface area contributed by atoms with E-state index in [2.05, 4.69) is 17.2 Å². The van der Waals surface area contributed by atoms with Gasteiger partial charge in [0.2, 0.25) is 5.91 Å². The lowest BCUT2D eigenvalue weighted by Gasteiger charge is -2.37. The van der Waals surface area contributed by atoms with Gasteiger partial charge in [0.25, 0.3) is 0 Å². The van der Waals surface area contributed by atoms with Crippen LogP contribution in [0.4, 0.5) is 0 Å². The van der Waals surface area contributed by atoms with Crippen molar-refractivity contribution in [1.82, 2.24) is 10.6 Å². The molecule has 4 unspecified atom stereocenters. The number of aliphatic hydroxyl groups excluding tert-OH is 3. The van der Waals surface area contributed by atoms with Crippen LogP contribution in [-0.4, -0.2) is 59.2 Å². The lowest BCUT2D eigenvalue weighted by molar-refractivity contribution is -0.118. The van der Waals surface area contributed by atoms with E-state index < -0.39 is 24.2 Å². The van der Waals surface area contributed by atoms with Gasteiger partial charge in [-0.15, -0.1) is 0 Å². The second-order valence-electron chi connectivity index (χ2n) is 3.92. The van der Waals surface area contributed by atoms with E-state index in [-0.39, 0.29) is 24.6 Å². The number of likely N-dealkylation sites (N-methyl/N-ethyl adjacent to an activating group) is 1. The molecule has 1 saturated heterocycles. The summed E-state index contributed by atoms with van der Waals surface area (Å²) in [7, 11) is 1.46. The van der Waals surface area contributed by atoms with Crippen molar-refractivity contribution in [3.05, 3.63) is 12.2 Å². The Morgan fingerprint density at radius 2 is 2.19 bits per heavy atom. The summed E-state index contributed by atoms with van der Waals surface area (Å²) in [5.41, 5.74) is 0.146. The molecule has 16 heavy (non-hydrogen) atoms. The average molecular weight is 230 g/mol. The van der Waals surface area contributed by atoms with Crippen molar-refractivity contribution in [3.63, 3.8) is 0 Å². The van der Waals surface area contributed by atoms with E-state index in [1.54, 1.807) is 0 Å². The van der Waals surface area contributed by atoms with Crippen molar-refractivity contribution in [2.45, 2.75) is 30.7 Å². The highest BCUT2D eigenvalue weighted by atomic mass is 16.3. The highest BCUT2D eigenvalue weighted by Crippen LogP contribution is 2.19. The van der Waals surface area contributed by atoms with Crippen LogP contribution in [-0.2, 0) is 4.79 Å². The van der Waals surface area contributed by atoms with Gasteiger partial charge in [0, 0.05) is 18.7 Å². The number of amides is 1. The first-order valence-electron chi connectivity index (χ1n) is 5.15. The lowest BCUT2D eigenvalue weighted by Crippen LogP contribution is -2.59. The SMILES string of the molecule is C=C(C(=O)NC)C1NC(CO)CC(O)C1O. The minimum atomic E-state index is -1.09. The minimum Gasteiger partial charge on any atom is -0.395 e. The fourth-order valence-corrected chi connectivity index (χ4v) is 1.81. The van der Waals surface area contributed by atoms with Crippen molar-refractivity contribution in [3.8, 4) is 0 Å². The molecular weight excluding hydrogens is 212 g/mol. The van der Waals surface area contributed by atoms with Crippen molar-refractivity contribution < 1.29 is 20.1 Å². The van der Waals surface area contributed by atoms with E-state index >= 15 is 0 Å². The first-order valence-corrected chi connectivity index (χ1v) is 5.15. The molecule has 1 rings (SSSR count). The van der Waals surface area contributed by atoms with Gasteiger partial charge in [0.1, 0.15) is 0 Å². The summed E-state index contributed by atoms with van der Waals surface area (Å²) in [6.07, 6.45) is -1.81.